The summed E-state index contributed by atoms with van der Waals surface area (Å²) in [5.74, 6) is 1.31. The largest absolute Gasteiger partial charge is 0.492 e. The summed E-state index contributed by atoms with van der Waals surface area (Å²) in [5.41, 5.74) is 1.37. The van der Waals surface area contributed by atoms with Gasteiger partial charge in [-0.05, 0) is 37.5 Å². The van der Waals surface area contributed by atoms with Gasteiger partial charge < -0.3 is 9.30 Å². The Labute approximate surface area is 141 Å². The van der Waals surface area contributed by atoms with Crippen molar-refractivity contribution < 1.29 is 4.74 Å². The van der Waals surface area contributed by atoms with Crippen molar-refractivity contribution in [1.29, 1.82) is 0 Å². The maximum atomic E-state index is 12.2. The van der Waals surface area contributed by atoms with Gasteiger partial charge in [0.1, 0.15) is 5.75 Å². The Kier molecular flexibility index (Phi) is 4.34. The van der Waals surface area contributed by atoms with E-state index in [2.05, 4.69) is 16.0 Å². The molecule has 5 heteroatoms. The predicted octanol–water partition coefficient (Wildman–Crippen LogP) is 2.27. The number of ether oxygens (including phenoxy) is 1. The van der Waals surface area contributed by atoms with E-state index in [9.17, 15) is 4.79 Å². The highest BCUT2D eigenvalue weighted by atomic mass is 16.5. The number of piperidine rings is 1. The van der Waals surface area contributed by atoms with Crippen molar-refractivity contribution in [1.82, 2.24) is 14.5 Å². The highest BCUT2D eigenvalue weighted by Gasteiger charge is 2.34. The Balaban J connectivity index is 1.37. The van der Waals surface area contributed by atoms with E-state index in [0.29, 0.717) is 18.6 Å². The van der Waals surface area contributed by atoms with Gasteiger partial charge in [-0.1, -0.05) is 6.07 Å². The van der Waals surface area contributed by atoms with E-state index >= 15 is 0 Å². The first-order chi connectivity index (χ1) is 11.8. The van der Waals surface area contributed by atoms with Crippen LogP contribution >= 0.6 is 0 Å². The lowest BCUT2D eigenvalue weighted by molar-refractivity contribution is 0.125. The Morgan fingerprint density at radius 3 is 3.00 bits per heavy atom. The molecule has 5 rings (SSSR count). The van der Waals surface area contributed by atoms with Gasteiger partial charge in [-0.25, -0.2) is 0 Å². The van der Waals surface area contributed by atoms with E-state index in [1.165, 1.54) is 18.5 Å². The molecule has 2 bridgehead atoms. The summed E-state index contributed by atoms with van der Waals surface area (Å²) in [6.45, 7) is 3.60. The zero-order valence-electron chi connectivity index (χ0n) is 13.8. The molecule has 0 spiro atoms. The lowest BCUT2D eigenvalue weighted by Gasteiger charge is -2.36. The molecule has 2 aromatic heterocycles. The smallest absolute Gasteiger partial charge is 0.250 e. The van der Waals surface area contributed by atoms with Crippen LogP contribution in [0, 0.1) is 0 Å². The van der Waals surface area contributed by atoms with Gasteiger partial charge in [0.2, 0.25) is 0 Å². The molecular formula is C19H23N3O2. The van der Waals surface area contributed by atoms with Crippen LogP contribution in [-0.4, -0.2) is 40.2 Å². The van der Waals surface area contributed by atoms with Crippen molar-refractivity contribution in [3.8, 4) is 5.75 Å². The van der Waals surface area contributed by atoms with Gasteiger partial charge in [0, 0.05) is 49.6 Å². The van der Waals surface area contributed by atoms with Gasteiger partial charge in [0.15, 0.2) is 0 Å². The van der Waals surface area contributed by atoms with Crippen molar-refractivity contribution in [3.63, 3.8) is 0 Å². The minimum absolute atomic E-state index is 0.145. The summed E-state index contributed by atoms with van der Waals surface area (Å²) in [6.07, 6.45) is 6.85. The van der Waals surface area contributed by atoms with Gasteiger partial charge in [0.05, 0.1) is 12.8 Å². The number of aromatic nitrogens is 2. The zero-order valence-corrected chi connectivity index (χ0v) is 13.8. The fourth-order valence-corrected chi connectivity index (χ4v) is 4.01. The fraction of sp³-hybridized carbons (Fsp3) is 0.474. The molecule has 1 saturated heterocycles. The van der Waals surface area contributed by atoms with Crippen molar-refractivity contribution in [2.24, 2.45) is 0 Å². The van der Waals surface area contributed by atoms with Crippen LogP contribution in [0.15, 0.2) is 47.5 Å². The second-order valence-electron chi connectivity index (χ2n) is 6.71. The molecule has 2 aromatic rings. The molecule has 24 heavy (non-hydrogen) atoms. The summed E-state index contributed by atoms with van der Waals surface area (Å²) in [5, 5.41) is 0. The highest BCUT2D eigenvalue weighted by Crippen LogP contribution is 2.33. The molecule has 1 unspecified atom stereocenters. The van der Waals surface area contributed by atoms with Crippen LogP contribution in [0.4, 0.5) is 0 Å². The minimum Gasteiger partial charge on any atom is -0.492 e. The van der Waals surface area contributed by atoms with Crippen LogP contribution in [0.1, 0.15) is 30.9 Å². The molecule has 0 aromatic carbocycles. The van der Waals surface area contributed by atoms with Crippen LogP contribution in [0.25, 0.3) is 0 Å². The molecule has 1 fully saturated rings. The third kappa shape index (κ3) is 3.08. The minimum atomic E-state index is 0.145. The highest BCUT2D eigenvalue weighted by molar-refractivity contribution is 5.17. The van der Waals surface area contributed by atoms with Crippen molar-refractivity contribution >= 4 is 0 Å². The SMILES string of the molecule is O=c1cccc2n1CC1CC[C@H]2CN1CCCOc1cccnc1. The number of fused-ring (bicyclic) bond motifs is 2. The first-order valence-corrected chi connectivity index (χ1v) is 8.78. The molecule has 3 aliphatic heterocycles. The Morgan fingerprint density at radius 1 is 1.17 bits per heavy atom. The van der Waals surface area contributed by atoms with Crippen LogP contribution < -0.4 is 10.3 Å². The molecule has 3 aliphatic rings. The Morgan fingerprint density at radius 2 is 2.12 bits per heavy atom. The maximum Gasteiger partial charge on any atom is 0.250 e. The van der Waals surface area contributed by atoms with Gasteiger partial charge in [-0.15, -0.1) is 0 Å². The quantitative estimate of drug-likeness (QED) is 0.791. The molecule has 5 nitrogen and oxygen atoms in total. The molecular weight excluding hydrogens is 302 g/mol. The van der Waals surface area contributed by atoms with E-state index < -0.39 is 0 Å². The summed E-state index contributed by atoms with van der Waals surface area (Å²) in [6, 6.07) is 10.0. The lowest BCUT2D eigenvalue weighted by atomic mass is 9.92. The third-order valence-electron chi connectivity index (χ3n) is 5.21. The summed E-state index contributed by atoms with van der Waals surface area (Å²) in [7, 11) is 0. The average molecular weight is 325 g/mol. The molecule has 0 saturated carbocycles. The summed E-state index contributed by atoms with van der Waals surface area (Å²) < 4.78 is 7.74. The van der Waals surface area contributed by atoms with Crippen LogP contribution in [0.2, 0.25) is 0 Å². The molecule has 0 amide bonds. The van der Waals surface area contributed by atoms with Gasteiger partial charge in [-0.2, -0.15) is 0 Å². The predicted molar refractivity (Wildman–Crippen MR) is 92.4 cm³/mol. The van der Waals surface area contributed by atoms with Crippen molar-refractivity contribution in [2.45, 2.75) is 37.8 Å². The molecule has 126 valence electrons. The number of rotatable bonds is 5. The summed E-state index contributed by atoms with van der Waals surface area (Å²) >= 11 is 0. The maximum absolute atomic E-state index is 12.2. The van der Waals surface area contributed by atoms with E-state index in [4.69, 9.17) is 4.74 Å². The lowest BCUT2D eigenvalue weighted by Crippen LogP contribution is -2.43. The molecule has 5 heterocycles. The van der Waals surface area contributed by atoms with Crippen LogP contribution in [-0.2, 0) is 6.54 Å². The summed E-state index contributed by atoms with van der Waals surface area (Å²) in [4.78, 5) is 18.8. The third-order valence-corrected chi connectivity index (χ3v) is 5.21. The Bertz CT molecular complexity index is 744. The molecule has 2 atom stereocenters. The second kappa shape index (κ2) is 6.77. The van der Waals surface area contributed by atoms with E-state index in [-0.39, 0.29) is 5.56 Å². The van der Waals surface area contributed by atoms with Crippen molar-refractivity contribution in [3.05, 3.63) is 58.8 Å². The number of hydrogen-bond donors (Lipinski definition) is 0. The zero-order chi connectivity index (χ0) is 16.4. The topological polar surface area (TPSA) is 47.4 Å². The Hall–Kier alpha value is -2.14. The number of pyridine rings is 2. The van der Waals surface area contributed by atoms with Crippen LogP contribution in [0.3, 0.4) is 0 Å². The standard InChI is InChI=1S/C19H23N3O2/c23-19-6-1-5-18-15-7-8-16(14-22(18)19)21(13-15)10-3-11-24-17-4-2-9-20-12-17/h1-2,4-6,9,12,15-16H,3,7-8,10-11,13-14H2/t15-,16?/m0/s1. The monoisotopic (exact) mass is 325 g/mol. The van der Waals surface area contributed by atoms with Crippen molar-refractivity contribution in [2.75, 3.05) is 19.7 Å². The van der Waals surface area contributed by atoms with Gasteiger partial charge in [-0.3, -0.25) is 14.7 Å². The van der Waals surface area contributed by atoms with E-state index in [0.717, 1.165) is 31.8 Å². The first kappa shape index (κ1) is 15.4. The number of hydrogen-bond acceptors (Lipinski definition) is 4. The molecule has 0 N–H and O–H groups in total. The normalized spacial score (nSPS) is 22.8. The van der Waals surface area contributed by atoms with Gasteiger partial charge in [0.25, 0.3) is 5.56 Å². The fourth-order valence-electron chi connectivity index (χ4n) is 4.01. The van der Waals surface area contributed by atoms with Crippen LogP contribution in [0.5, 0.6) is 5.75 Å². The number of nitrogens with zero attached hydrogens (tertiary/aromatic N) is 3. The second-order valence-corrected chi connectivity index (χ2v) is 6.71. The average Bonchev–Trinajstić information content (AvgIpc) is 2.89. The first-order valence-electron chi connectivity index (χ1n) is 8.78. The van der Waals surface area contributed by atoms with Gasteiger partial charge >= 0.3 is 0 Å². The van der Waals surface area contributed by atoms with E-state index in [1.807, 2.05) is 22.8 Å². The van der Waals surface area contributed by atoms with E-state index in [1.54, 1.807) is 18.5 Å². The molecule has 0 aliphatic carbocycles. The molecule has 0 radical (unpaired) electrons.